The van der Waals surface area contributed by atoms with Gasteiger partial charge in [0.15, 0.2) is 11.6 Å². The van der Waals surface area contributed by atoms with Gasteiger partial charge in [0.25, 0.3) is 5.91 Å². The van der Waals surface area contributed by atoms with Crippen LogP contribution in [0.25, 0.3) is 10.9 Å². The number of nitrogens with two attached hydrogens (primary N) is 1. The molecule has 4 aromatic rings. The first-order chi connectivity index (χ1) is 14.6. The van der Waals surface area contributed by atoms with E-state index in [-0.39, 0.29) is 18.2 Å². The van der Waals surface area contributed by atoms with E-state index in [1.54, 1.807) is 36.5 Å². The number of aromatic nitrogens is 2. The summed E-state index contributed by atoms with van der Waals surface area (Å²) in [5, 5.41) is 0.932. The number of fused-ring (bicyclic) bond motifs is 1. The van der Waals surface area contributed by atoms with Crippen molar-refractivity contribution in [3.05, 3.63) is 90.0 Å². The highest BCUT2D eigenvalue weighted by Crippen LogP contribution is 2.33. The van der Waals surface area contributed by atoms with Gasteiger partial charge < -0.3 is 15.4 Å². The predicted molar refractivity (Wildman–Crippen MR) is 114 cm³/mol. The van der Waals surface area contributed by atoms with E-state index in [2.05, 4.69) is 9.97 Å². The molecule has 0 aliphatic carbocycles. The topological polar surface area (TPSA) is 81.3 Å². The summed E-state index contributed by atoms with van der Waals surface area (Å²) in [6.07, 6.45) is 3.06. The van der Waals surface area contributed by atoms with Crippen molar-refractivity contribution in [1.29, 1.82) is 0 Å². The molecule has 6 nitrogen and oxygen atoms in total. The number of ether oxygens (including phenoxy) is 1. The van der Waals surface area contributed by atoms with Crippen molar-refractivity contribution in [2.45, 2.75) is 6.54 Å². The van der Waals surface area contributed by atoms with Crippen molar-refractivity contribution in [2.24, 2.45) is 0 Å². The number of carbonyl (C=O) groups is 1. The zero-order chi connectivity index (χ0) is 21.1. The molecule has 2 aromatic heterocycles. The molecule has 0 saturated heterocycles. The van der Waals surface area contributed by atoms with E-state index < -0.39 is 5.82 Å². The lowest BCUT2D eigenvalue weighted by Gasteiger charge is -2.25. The number of hydrogen-bond donors (Lipinski definition) is 1. The Morgan fingerprint density at radius 3 is 2.73 bits per heavy atom. The molecular formula is C23H19FN4O2. The molecule has 0 bridgehead atoms. The Balaban J connectivity index is 1.80. The Hall–Kier alpha value is -4.00. The first kappa shape index (κ1) is 19.3. The maximum absolute atomic E-state index is 14.4. The summed E-state index contributed by atoms with van der Waals surface area (Å²) in [7, 11) is 1.37. The smallest absolute Gasteiger partial charge is 0.260 e. The summed E-state index contributed by atoms with van der Waals surface area (Å²) < 4.78 is 19.6. The minimum atomic E-state index is -0.549. The number of halogens is 1. The van der Waals surface area contributed by atoms with Gasteiger partial charge in [-0.2, -0.15) is 0 Å². The van der Waals surface area contributed by atoms with E-state index in [1.807, 2.05) is 24.3 Å². The minimum absolute atomic E-state index is 0.00195. The van der Waals surface area contributed by atoms with Crippen LogP contribution >= 0.6 is 0 Å². The first-order valence-electron chi connectivity index (χ1n) is 9.26. The fourth-order valence-electron chi connectivity index (χ4n) is 3.28. The lowest BCUT2D eigenvalue weighted by molar-refractivity contribution is 0.0984. The molecule has 30 heavy (non-hydrogen) atoms. The molecule has 0 atom stereocenters. The highest BCUT2D eigenvalue weighted by atomic mass is 19.1. The Labute approximate surface area is 172 Å². The van der Waals surface area contributed by atoms with E-state index in [0.29, 0.717) is 22.6 Å². The first-order valence-corrected chi connectivity index (χ1v) is 9.26. The van der Waals surface area contributed by atoms with Gasteiger partial charge >= 0.3 is 0 Å². The minimum Gasteiger partial charge on any atom is -0.492 e. The maximum atomic E-state index is 14.4. The normalized spacial score (nSPS) is 10.7. The number of pyridine rings is 2. The Morgan fingerprint density at radius 1 is 1.13 bits per heavy atom. The van der Waals surface area contributed by atoms with Crippen LogP contribution < -0.4 is 15.4 Å². The second-order valence-corrected chi connectivity index (χ2v) is 6.69. The number of para-hydroxylation sites is 1. The molecule has 4 rings (SSSR count). The van der Waals surface area contributed by atoms with Crippen LogP contribution in [-0.4, -0.2) is 23.0 Å². The van der Waals surface area contributed by atoms with Crippen LogP contribution in [0.15, 0.2) is 73.1 Å². The molecule has 0 fully saturated rings. The Morgan fingerprint density at radius 2 is 1.97 bits per heavy atom. The fraction of sp³-hybridized carbons (Fsp3) is 0.0870. The SMILES string of the molecule is COc1c(F)cccc1N(Cc1ccc2ccc(N)nc2c1)C(=O)c1cccnc1. The largest absolute Gasteiger partial charge is 0.492 e. The standard InChI is InChI=1S/C23H19FN4O2/c1-30-22-18(24)5-2-6-20(22)28(23(29)17-4-3-11-26-13-17)14-15-7-8-16-9-10-21(25)27-19(16)12-15/h2-13H,14H2,1H3,(H2,25,27). The number of carbonyl (C=O) groups excluding carboxylic acids is 1. The number of nitrogens with zero attached hydrogens (tertiary/aromatic N) is 3. The van der Waals surface area contributed by atoms with Crippen LogP contribution in [0.2, 0.25) is 0 Å². The van der Waals surface area contributed by atoms with Crippen LogP contribution in [0, 0.1) is 5.82 Å². The van der Waals surface area contributed by atoms with Crippen LogP contribution in [0.1, 0.15) is 15.9 Å². The van der Waals surface area contributed by atoms with E-state index in [9.17, 15) is 9.18 Å². The predicted octanol–water partition coefficient (Wildman–Crippen LogP) is 4.21. The van der Waals surface area contributed by atoms with Crippen LogP contribution in [0.5, 0.6) is 5.75 Å². The third-order valence-corrected chi connectivity index (χ3v) is 4.71. The van der Waals surface area contributed by atoms with Crippen LogP contribution in [0.3, 0.4) is 0 Å². The number of benzene rings is 2. The van der Waals surface area contributed by atoms with Gasteiger partial charge in [0.2, 0.25) is 0 Å². The van der Waals surface area contributed by atoms with Crippen molar-refractivity contribution >= 4 is 28.3 Å². The lowest BCUT2D eigenvalue weighted by Crippen LogP contribution is -2.31. The molecule has 0 saturated carbocycles. The van der Waals surface area contributed by atoms with Gasteiger partial charge in [0.1, 0.15) is 5.82 Å². The average molecular weight is 402 g/mol. The lowest BCUT2D eigenvalue weighted by atomic mass is 10.1. The second kappa shape index (κ2) is 8.16. The number of rotatable bonds is 5. The summed E-state index contributed by atoms with van der Waals surface area (Å²) in [6.45, 7) is 0.181. The van der Waals surface area contributed by atoms with E-state index in [0.717, 1.165) is 10.9 Å². The number of hydrogen-bond acceptors (Lipinski definition) is 5. The summed E-state index contributed by atoms with van der Waals surface area (Å²) in [4.78, 5) is 23.2. The van der Waals surface area contributed by atoms with Crippen molar-refractivity contribution in [3.8, 4) is 5.75 Å². The van der Waals surface area contributed by atoms with E-state index >= 15 is 0 Å². The van der Waals surface area contributed by atoms with Crippen molar-refractivity contribution in [1.82, 2.24) is 9.97 Å². The van der Waals surface area contributed by atoms with Gasteiger partial charge in [-0.1, -0.05) is 18.2 Å². The highest BCUT2D eigenvalue weighted by Gasteiger charge is 2.23. The van der Waals surface area contributed by atoms with Gasteiger partial charge in [-0.05, 0) is 48.0 Å². The quantitative estimate of drug-likeness (QED) is 0.541. The number of anilines is 2. The van der Waals surface area contributed by atoms with Crippen molar-refractivity contribution < 1.29 is 13.9 Å². The van der Waals surface area contributed by atoms with Crippen LogP contribution in [0.4, 0.5) is 15.9 Å². The zero-order valence-corrected chi connectivity index (χ0v) is 16.2. The molecule has 150 valence electrons. The third-order valence-electron chi connectivity index (χ3n) is 4.71. The molecule has 7 heteroatoms. The number of methoxy groups -OCH3 is 1. The zero-order valence-electron chi connectivity index (χ0n) is 16.2. The van der Waals surface area contributed by atoms with Gasteiger partial charge in [0, 0.05) is 17.8 Å². The van der Waals surface area contributed by atoms with Crippen LogP contribution in [-0.2, 0) is 6.54 Å². The molecule has 0 unspecified atom stereocenters. The van der Waals surface area contributed by atoms with Gasteiger partial charge in [-0.25, -0.2) is 9.37 Å². The van der Waals surface area contributed by atoms with E-state index in [1.165, 1.54) is 24.3 Å². The Kier molecular flexibility index (Phi) is 5.26. The summed E-state index contributed by atoms with van der Waals surface area (Å²) in [5.74, 6) is -0.466. The number of amides is 1. The highest BCUT2D eigenvalue weighted by molar-refractivity contribution is 6.06. The average Bonchev–Trinajstić information content (AvgIpc) is 2.77. The second-order valence-electron chi connectivity index (χ2n) is 6.69. The van der Waals surface area contributed by atoms with Gasteiger partial charge in [-0.3, -0.25) is 9.78 Å². The van der Waals surface area contributed by atoms with E-state index in [4.69, 9.17) is 10.5 Å². The molecule has 0 aliphatic rings. The fourth-order valence-corrected chi connectivity index (χ4v) is 3.28. The molecule has 2 N–H and O–H groups in total. The van der Waals surface area contributed by atoms with Crippen molar-refractivity contribution in [3.63, 3.8) is 0 Å². The Bertz CT molecular complexity index is 1210. The summed E-state index contributed by atoms with van der Waals surface area (Å²) >= 11 is 0. The van der Waals surface area contributed by atoms with Gasteiger partial charge in [-0.15, -0.1) is 0 Å². The molecule has 0 aliphatic heterocycles. The molecular weight excluding hydrogens is 383 g/mol. The van der Waals surface area contributed by atoms with Crippen molar-refractivity contribution in [2.75, 3.05) is 17.7 Å². The molecule has 1 amide bonds. The summed E-state index contributed by atoms with van der Waals surface area (Å²) in [5.41, 5.74) is 8.04. The molecule has 0 spiro atoms. The maximum Gasteiger partial charge on any atom is 0.260 e. The summed E-state index contributed by atoms with van der Waals surface area (Å²) in [6, 6.07) is 17.1. The third kappa shape index (κ3) is 3.77. The number of nitrogen functional groups attached to an aromatic ring is 1. The van der Waals surface area contributed by atoms with Gasteiger partial charge in [0.05, 0.1) is 30.4 Å². The molecule has 2 heterocycles. The monoisotopic (exact) mass is 402 g/mol. The molecule has 0 radical (unpaired) electrons. The molecule has 2 aromatic carbocycles.